The number of nitrogens with two attached hydrogens (primary N) is 1. The van der Waals surface area contributed by atoms with Gasteiger partial charge >= 0.3 is 0 Å². The van der Waals surface area contributed by atoms with Crippen molar-refractivity contribution in [2.75, 3.05) is 26.8 Å². The van der Waals surface area contributed by atoms with Crippen LogP contribution in [0.3, 0.4) is 0 Å². The smallest absolute Gasteiger partial charge is 0.161 e. The Labute approximate surface area is 119 Å². The van der Waals surface area contributed by atoms with Crippen molar-refractivity contribution in [3.05, 3.63) is 24.3 Å². The van der Waals surface area contributed by atoms with Crippen LogP contribution in [-0.4, -0.2) is 48.8 Å². The van der Waals surface area contributed by atoms with Gasteiger partial charge in [0.15, 0.2) is 17.3 Å². The Bertz CT molecular complexity index is 437. The molecule has 1 aromatic rings. The lowest BCUT2D eigenvalue weighted by molar-refractivity contribution is 0.214. The Morgan fingerprint density at radius 1 is 1.35 bits per heavy atom. The number of rotatable bonds is 8. The van der Waals surface area contributed by atoms with E-state index in [1.54, 1.807) is 0 Å². The molecule has 0 bridgehead atoms. The standard InChI is InChI=1S/C14H23N3O3/c1-4-19-12-7-5-6-8-13(12)20-10-9-17(3)11(2)14(15)16-18/h5-8,11,18H,4,9-10H2,1-3H3,(H2,15,16). The molecule has 20 heavy (non-hydrogen) atoms. The molecular weight excluding hydrogens is 258 g/mol. The molecule has 0 saturated carbocycles. The summed E-state index contributed by atoms with van der Waals surface area (Å²) in [5.41, 5.74) is 5.56. The highest BCUT2D eigenvalue weighted by Gasteiger charge is 2.13. The van der Waals surface area contributed by atoms with E-state index in [-0.39, 0.29) is 11.9 Å². The first-order chi connectivity index (χ1) is 9.60. The van der Waals surface area contributed by atoms with E-state index in [4.69, 9.17) is 20.4 Å². The lowest BCUT2D eigenvalue weighted by Gasteiger charge is -2.23. The van der Waals surface area contributed by atoms with Crippen molar-refractivity contribution in [2.45, 2.75) is 19.9 Å². The highest BCUT2D eigenvalue weighted by Crippen LogP contribution is 2.26. The maximum Gasteiger partial charge on any atom is 0.161 e. The third-order valence-corrected chi connectivity index (χ3v) is 3.06. The molecule has 0 fully saturated rings. The van der Waals surface area contributed by atoms with Crippen LogP contribution in [0.4, 0.5) is 0 Å². The summed E-state index contributed by atoms with van der Waals surface area (Å²) in [4.78, 5) is 1.94. The average molecular weight is 281 g/mol. The second-order valence-electron chi connectivity index (χ2n) is 4.41. The van der Waals surface area contributed by atoms with Gasteiger partial charge in [0.1, 0.15) is 6.61 Å². The zero-order chi connectivity index (χ0) is 15.0. The highest BCUT2D eigenvalue weighted by atomic mass is 16.5. The van der Waals surface area contributed by atoms with E-state index in [1.807, 2.05) is 50.1 Å². The van der Waals surface area contributed by atoms with Crippen molar-refractivity contribution in [1.29, 1.82) is 0 Å². The number of oxime groups is 1. The molecule has 1 atom stereocenters. The molecule has 1 unspecified atom stereocenters. The topological polar surface area (TPSA) is 80.3 Å². The number of benzene rings is 1. The molecule has 0 radical (unpaired) electrons. The van der Waals surface area contributed by atoms with E-state index in [2.05, 4.69) is 5.16 Å². The molecule has 1 aromatic carbocycles. The van der Waals surface area contributed by atoms with Gasteiger partial charge in [-0.1, -0.05) is 17.3 Å². The largest absolute Gasteiger partial charge is 0.490 e. The highest BCUT2D eigenvalue weighted by molar-refractivity contribution is 5.84. The van der Waals surface area contributed by atoms with Gasteiger partial charge in [0.25, 0.3) is 0 Å². The lowest BCUT2D eigenvalue weighted by Crippen LogP contribution is -2.42. The normalized spacial score (nSPS) is 13.3. The fourth-order valence-corrected chi connectivity index (χ4v) is 1.65. The van der Waals surface area contributed by atoms with Crippen LogP contribution in [0.15, 0.2) is 29.4 Å². The van der Waals surface area contributed by atoms with Crippen LogP contribution in [0.1, 0.15) is 13.8 Å². The van der Waals surface area contributed by atoms with Crippen LogP contribution < -0.4 is 15.2 Å². The van der Waals surface area contributed by atoms with E-state index < -0.39 is 0 Å². The van der Waals surface area contributed by atoms with Crippen LogP contribution in [0.25, 0.3) is 0 Å². The van der Waals surface area contributed by atoms with Crippen molar-refractivity contribution in [1.82, 2.24) is 4.90 Å². The predicted octanol–water partition coefficient (Wildman–Crippen LogP) is 1.53. The van der Waals surface area contributed by atoms with Crippen LogP contribution in [0.5, 0.6) is 11.5 Å². The lowest BCUT2D eigenvalue weighted by atomic mass is 10.3. The Balaban J connectivity index is 2.48. The van der Waals surface area contributed by atoms with Crippen LogP contribution in [0.2, 0.25) is 0 Å². The minimum absolute atomic E-state index is 0.147. The van der Waals surface area contributed by atoms with E-state index >= 15 is 0 Å². The Hall–Kier alpha value is -1.95. The fourth-order valence-electron chi connectivity index (χ4n) is 1.65. The molecule has 0 saturated heterocycles. The Kier molecular flexibility index (Phi) is 6.66. The number of ether oxygens (including phenoxy) is 2. The zero-order valence-corrected chi connectivity index (χ0v) is 12.2. The molecule has 1 rings (SSSR count). The monoisotopic (exact) mass is 281 g/mol. The van der Waals surface area contributed by atoms with Crippen molar-refractivity contribution in [3.8, 4) is 11.5 Å². The third kappa shape index (κ3) is 4.62. The average Bonchev–Trinajstić information content (AvgIpc) is 2.47. The molecule has 0 amide bonds. The van der Waals surface area contributed by atoms with Gasteiger partial charge in [-0.2, -0.15) is 0 Å². The van der Waals surface area contributed by atoms with Gasteiger partial charge in [-0.15, -0.1) is 0 Å². The van der Waals surface area contributed by atoms with Gasteiger partial charge in [0, 0.05) is 6.54 Å². The summed E-state index contributed by atoms with van der Waals surface area (Å²) in [6, 6.07) is 7.41. The molecule has 112 valence electrons. The predicted molar refractivity (Wildman–Crippen MR) is 78.6 cm³/mol. The number of hydrogen-bond acceptors (Lipinski definition) is 5. The van der Waals surface area contributed by atoms with Crippen molar-refractivity contribution in [3.63, 3.8) is 0 Å². The van der Waals surface area contributed by atoms with Crippen molar-refractivity contribution < 1.29 is 14.7 Å². The van der Waals surface area contributed by atoms with E-state index in [0.717, 1.165) is 11.5 Å². The summed E-state index contributed by atoms with van der Waals surface area (Å²) in [5, 5.41) is 11.6. The number of amidine groups is 1. The summed E-state index contributed by atoms with van der Waals surface area (Å²) < 4.78 is 11.2. The molecule has 0 aliphatic rings. The molecule has 6 heteroatoms. The summed E-state index contributed by atoms with van der Waals surface area (Å²) in [5.74, 6) is 1.64. The Morgan fingerprint density at radius 2 is 1.95 bits per heavy atom. The fraction of sp³-hybridized carbons (Fsp3) is 0.500. The van der Waals surface area contributed by atoms with Gasteiger partial charge < -0.3 is 20.4 Å². The Morgan fingerprint density at radius 3 is 2.50 bits per heavy atom. The number of hydrogen-bond donors (Lipinski definition) is 2. The van der Waals surface area contributed by atoms with E-state index in [1.165, 1.54) is 0 Å². The summed E-state index contributed by atoms with van der Waals surface area (Å²) >= 11 is 0. The van der Waals surface area contributed by atoms with Gasteiger partial charge in [0.05, 0.1) is 12.6 Å². The molecule has 0 aromatic heterocycles. The zero-order valence-electron chi connectivity index (χ0n) is 12.2. The minimum Gasteiger partial charge on any atom is -0.490 e. The summed E-state index contributed by atoms with van der Waals surface area (Å²) in [6.07, 6.45) is 0. The SMILES string of the molecule is CCOc1ccccc1OCCN(C)C(C)C(N)=NO. The molecular formula is C14H23N3O3. The van der Waals surface area contributed by atoms with E-state index in [9.17, 15) is 0 Å². The van der Waals surface area contributed by atoms with Crippen LogP contribution in [-0.2, 0) is 0 Å². The van der Waals surface area contributed by atoms with Gasteiger partial charge in [-0.25, -0.2) is 0 Å². The van der Waals surface area contributed by atoms with Crippen molar-refractivity contribution >= 4 is 5.84 Å². The first kappa shape index (κ1) is 16.1. The molecule has 3 N–H and O–H groups in total. The second-order valence-corrected chi connectivity index (χ2v) is 4.41. The number of likely N-dealkylation sites (N-methyl/N-ethyl adjacent to an activating group) is 1. The molecule has 0 aliphatic heterocycles. The number of para-hydroxylation sites is 2. The molecule has 0 heterocycles. The molecule has 0 aliphatic carbocycles. The quantitative estimate of drug-likeness (QED) is 0.327. The maximum absolute atomic E-state index is 8.64. The van der Waals surface area contributed by atoms with Crippen LogP contribution >= 0.6 is 0 Å². The van der Waals surface area contributed by atoms with E-state index in [0.29, 0.717) is 19.8 Å². The minimum atomic E-state index is -0.147. The molecule has 0 spiro atoms. The van der Waals surface area contributed by atoms with Crippen molar-refractivity contribution in [2.24, 2.45) is 10.9 Å². The maximum atomic E-state index is 8.64. The second kappa shape index (κ2) is 8.27. The first-order valence-corrected chi connectivity index (χ1v) is 6.62. The van der Waals surface area contributed by atoms with Gasteiger partial charge in [0.2, 0.25) is 0 Å². The third-order valence-electron chi connectivity index (χ3n) is 3.06. The summed E-state index contributed by atoms with van der Waals surface area (Å²) in [6.45, 7) is 5.54. The molecule has 6 nitrogen and oxygen atoms in total. The van der Waals surface area contributed by atoms with Gasteiger partial charge in [-0.3, -0.25) is 4.90 Å². The first-order valence-electron chi connectivity index (χ1n) is 6.62. The number of nitrogens with zero attached hydrogens (tertiary/aromatic N) is 2. The van der Waals surface area contributed by atoms with Gasteiger partial charge in [-0.05, 0) is 33.0 Å². The summed E-state index contributed by atoms with van der Waals surface area (Å²) in [7, 11) is 1.89. The van der Waals surface area contributed by atoms with Crippen LogP contribution in [0, 0.1) is 0 Å².